The summed E-state index contributed by atoms with van der Waals surface area (Å²) in [5.41, 5.74) is 0.961. The molecule has 1 aromatic heterocycles. The Morgan fingerprint density at radius 1 is 1.53 bits per heavy atom. The molecule has 1 heterocycles. The first-order chi connectivity index (χ1) is 7.22. The molecule has 4 nitrogen and oxygen atoms in total. The Morgan fingerprint density at radius 2 is 2.33 bits per heavy atom. The number of aryl methyl sites for hydroxylation is 1. The van der Waals surface area contributed by atoms with Gasteiger partial charge in [-0.25, -0.2) is 4.98 Å². The molecule has 0 aliphatic carbocycles. The van der Waals surface area contributed by atoms with Gasteiger partial charge in [0.25, 0.3) is 0 Å². The topological polar surface area (TPSA) is 48.4 Å². The third kappa shape index (κ3) is 5.01. The molecule has 0 saturated heterocycles. The Labute approximate surface area is 93.2 Å². The lowest BCUT2D eigenvalue weighted by molar-refractivity contribution is -0.123. The first-order valence-electron chi connectivity index (χ1n) is 4.71. The summed E-state index contributed by atoms with van der Waals surface area (Å²) in [5.74, 6) is 0.0560. The van der Waals surface area contributed by atoms with E-state index >= 15 is 0 Å². The number of nitrogens with zero attached hydrogens (tertiary/aromatic N) is 1. The minimum Gasteiger partial charge on any atom is -0.382 e. The monoisotopic (exact) mass is 229 g/mol. The van der Waals surface area contributed by atoms with Gasteiger partial charge in [0.1, 0.15) is 11.6 Å². The molecule has 0 spiro atoms. The van der Waals surface area contributed by atoms with Gasteiger partial charge in [-0.15, -0.1) is 11.3 Å². The van der Waals surface area contributed by atoms with Crippen molar-refractivity contribution in [2.75, 3.05) is 26.9 Å². The maximum atomic E-state index is 11.4. The smallest absolute Gasteiger partial charge is 0.165 e. The Morgan fingerprint density at radius 3 is 2.93 bits per heavy atom. The quantitative estimate of drug-likeness (QED) is 0.660. The minimum atomic E-state index is 0.0560. The standard InChI is InChI=1S/C10H15NO3S/c1-8-7-15-10(11-8)5-9(12)6-14-4-3-13-2/h7H,3-6H2,1-2H3. The summed E-state index contributed by atoms with van der Waals surface area (Å²) in [6.07, 6.45) is 0.367. The molecular weight excluding hydrogens is 214 g/mol. The van der Waals surface area contributed by atoms with Gasteiger partial charge < -0.3 is 9.47 Å². The molecule has 0 amide bonds. The Hall–Kier alpha value is -0.780. The van der Waals surface area contributed by atoms with Gasteiger partial charge in [0.05, 0.1) is 19.6 Å². The zero-order chi connectivity index (χ0) is 11.1. The average molecular weight is 229 g/mol. The average Bonchev–Trinajstić information content (AvgIpc) is 2.59. The third-order valence-corrected chi connectivity index (χ3v) is 2.68. The van der Waals surface area contributed by atoms with Crippen LogP contribution < -0.4 is 0 Å². The highest BCUT2D eigenvalue weighted by molar-refractivity contribution is 7.09. The summed E-state index contributed by atoms with van der Waals surface area (Å²) in [6, 6.07) is 0. The van der Waals surface area contributed by atoms with Crippen molar-refractivity contribution < 1.29 is 14.3 Å². The van der Waals surface area contributed by atoms with E-state index in [1.54, 1.807) is 7.11 Å². The first kappa shape index (κ1) is 12.3. The summed E-state index contributed by atoms with van der Waals surface area (Å²) in [4.78, 5) is 15.6. The van der Waals surface area contributed by atoms with E-state index in [1.165, 1.54) is 11.3 Å². The van der Waals surface area contributed by atoms with Crippen molar-refractivity contribution in [1.29, 1.82) is 0 Å². The molecular formula is C10H15NO3S. The molecule has 1 aromatic rings. The highest BCUT2D eigenvalue weighted by Crippen LogP contribution is 2.09. The van der Waals surface area contributed by atoms with Gasteiger partial charge >= 0.3 is 0 Å². The number of thiazole rings is 1. The van der Waals surface area contributed by atoms with E-state index in [-0.39, 0.29) is 12.4 Å². The van der Waals surface area contributed by atoms with Crippen LogP contribution in [-0.2, 0) is 20.7 Å². The third-order valence-electron chi connectivity index (χ3n) is 1.71. The number of aromatic nitrogens is 1. The van der Waals surface area contributed by atoms with Crippen molar-refractivity contribution in [3.8, 4) is 0 Å². The van der Waals surface area contributed by atoms with Crippen LogP contribution in [0.3, 0.4) is 0 Å². The maximum Gasteiger partial charge on any atom is 0.165 e. The normalized spacial score (nSPS) is 10.5. The second-order valence-corrected chi connectivity index (χ2v) is 4.09. The number of ether oxygens (including phenoxy) is 2. The van der Waals surface area contributed by atoms with E-state index in [0.717, 1.165) is 10.7 Å². The van der Waals surface area contributed by atoms with Crippen LogP contribution in [0.25, 0.3) is 0 Å². The van der Waals surface area contributed by atoms with Crippen LogP contribution in [0.4, 0.5) is 0 Å². The molecule has 0 saturated carbocycles. The van der Waals surface area contributed by atoms with Gasteiger partial charge in [0.2, 0.25) is 0 Å². The summed E-state index contributed by atoms with van der Waals surface area (Å²) in [7, 11) is 1.60. The van der Waals surface area contributed by atoms with E-state index in [4.69, 9.17) is 9.47 Å². The highest BCUT2D eigenvalue weighted by Gasteiger charge is 2.06. The molecule has 15 heavy (non-hydrogen) atoms. The summed E-state index contributed by atoms with van der Waals surface area (Å²) in [6.45, 7) is 3.03. The number of Topliss-reactive ketones (excluding diaryl/α,β-unsaturated/α-hetero) is 1. The lowest BCUT2D eigenvalue weighted by Crippen LogP contribution is -2.13. The Bertz CT molecular complexity index is 311. The zero-order valence-electron chi connectivity index (χ0n) is 8.99. The summed E-state index contributed by atoms with van der Waals surface area (Å²) >= 11 is 1.51. The number of carbonyl (C=O) groups is 1. The number of rotatable bonds is 7. The summed E-state index contributed by atoms with van der Waals surface area (Å²) < 4.78 is 9.92. The van der Waals surface area contributed by atoms with Gasteiger partial charge in [0, 0.05) is 18.2 Å². The van der Waals surface area contributed by atoms with E-state index in [0.29, 0.717) is 19.6 Å². The van der Waals surface area contributed by atoms with Crippen LogP contribution >= 0.6 is 11.3 Å². The fraction of sp³-hybridized carbons (Fsp3) is 0.600. The van der Waals surface area contributed by atoms with Crippen molar-refractivity contribution in [2.45, 2.75) is 13.3 Å². The first-order valence-corrected chi connectivity index (χ1v) is 5.59. The molecule has 0 N–H and O–H groups in total. The fourth-order valence-corrected chi connectivity index (χ4v) is 1.83. The second kappa shape index (κ2) is 6.66. The number of hydrogen-bond acceptors (Lipinski definition) is 5. The van der Waals surface area contributed by atoms with E-state index in [9.17, 15) is 4.79 Å². The lowest BCUT2D eigenvalue weighted by atomic mass is 10.3. The van der Waals surface area contributed by atoms with Gasteiger partial charge in [0.15, 0.2) is 5.78 Å². The van der Waals surface area contributed by atoms with Gasteiger partial charge in [-0.1, -0.05) is 0 Å². The second-order valence-electron chi connectivity index (χ2n) is 3.14. The number of methoxy groups -OCH3 is 1. The molecule has 5 heteroatoms. The molecule has 0 aliphatic rings. The Balaban J connectivity index is 2.18. The SMILES string of the molecule is COCCOCC(=O)Cc1nc(C)cs1. The highest BCUT2D eigenvalue weighted by atomic mass is 32.1. The van der Waals surface area contributed by atoms with E-state index in [1.807, 2.05) is 12.3 Å². The molecule has 0 atom stereocenters. The van der Waals surface area contributed by atoms with Crippen molar-refractivity contribution in [2.24, 2.45) is 0 Å². The van der Waals surface area contributed by atoms with Crippen LogP contribution in [0, 0.1) is 6.92 Å². The fourth-order valence-electron chi connectivity index (χ4n) is 1.03. The molecule has 0 fully saturated rings. The van der Waals surface area contributed by atoms with Crippen molar-refractivity contribution >= 4 is 17.1 Å². The van der Waals surface area contributed by atoms with Crippen LogP contribution in [-0.4, -0.2) is 37.7 Å². The zero-order valence-corrected chi connectivity index (χ0v) is 9.80. The number of ketones is 1. The molecule has 1 rings (SSSR count). The molecule has 84 valence electrons. The molecule has 0 bridgehead atoms. The van der Waals surface area contributed by atoms with Gasteiger partial charge in [-0.05, 0) is 6.92 Å². The largest absolute Gasteiger partial charge is 0.382 e. The summed E-state index contributed by atoms with van der Waals surface area (Å²) in [5, 5.41) is 2.79. The molecule has 0 aromatic carbocycles. The predicted molar refractivity (Wildman–Crippen MR) is 58.3 cm³/mol. The van der Waals surface area contributed by atoms with Crippen LogP contribution in [0.15, 0.2) is 5.38 Å². The molecule has 0 radical (unpaired) electrons. The molecule has 0 unspecified atom stereocenters. The van der Waals surface area contributed by atoms with E-state index < -0.39 is 0 Å². The maximum absolute atomic E-state index is 11.4. The van der Waals surface area contributed by atoms with Crippen LogP contribution in [0.2, 0.25) is 0 Å². The van der Waals surface area contributed by atoms with Crippen LogP contribution in [0.5, 0.6) is 0 Å². The van der Waals surface area contributed by atoms with Crippen molar-refractivity contribution in [3.05, 3.63) is 16.1 Å². The lowest BCUT2D eigenvalue weighted by Gasteiger charge is -2.01. The number of carbonyl (C=O) groups excluding carboxylic acids is 1. The van der Waals surface area contributed by atoms with Crippen molar-refractivity contribution in [1.82, 2.24) is 4.98 Å². The van der Waals surface area contributed by atoms with Crippen molar-refractivity contribution in [3.63, 3.8) is 0 Å². The van der Waals surface area contributed by atoms with E-state index in [2.05, 4.69) is 4.98 Å². The minimum absolute atomic E-state index is 0.0560. The predicted octanol–water partition coefficient (Wildman–Crippen LogP) is 1.23. The van der Waals surface area contributed by atoms with Gasteiger partial charge in [-0.3, -0.25) is 4.79 Å². The van der Waals surface area contributed by atoms with Crippen LogP contribution in [0.1, 0.15) is 10.7 Å². The molecule has 0 aliphatic heterocycles. The van der Waals surface area contributed by atoms with Gasteiger partial charge in [-0.2, -0.15) is 0 Å². The Kier molecular flexibility index (Phi) is 5.45. The number of hydrogen-bond donors (Lipinski definition) is 0.